The molecular formula is C28H31Cl2F4N10O9PS2. The fourth-order valence-corrected chi connectivity index (χ4v) is 6.92. The standard InChI is InChI=1S/C12H9F2N5O2S.C11H10Cl2F2N4O3S.C5H12NO4P/c1-7-5-6-19-11(15-7)16-12(17-19)22(20,21)18-10-8(13)3-2-4-9(10)14;1-5-16-19(11(20)18(5)10(14)15)9-4-8(17-23(2,21)22)6(12)3-7(9)13;1-11(9,10)3-2-4(6)5(7)8/h2-6,18H,1H3;3-4,10,17H,1-2H3;4H,2-3,6H2,1H3,(H,7,8)(H,9,10). The number of fused-ring (bicyclic) bond motifs is 1. The molecule has 0 radical (unpaired) electrons. The monoisotopic (exact) mass is 892 g/mol. The number of nitrogens with one attached hydrogen (secondary N) is 2. The number of carboxylic acid groups (broad SMARTS) is 1. The van der Waals surface area contributed by atoms with Crippen LogP contribution in [0.15, 0.2) is 52.5 Å². The van der Waals surface area contributed by atoms with Gasteiger partial charge < -0.3 is 15.7 Å². The van der Waals surface area contributed by atoms with Crippen molar-refractivity contribution in [3.8, 4) is 5.69 Å². The normalized spacial score (nSPS) is 13.2. The van der Waals surface area contributed by atoms with Crippen LogP contribution in [-0.2, 0) is 29.4 Å². The van der Waals surface area contributed by atoms with Gasteiger partial charge in [0.25, 0.3) is 21.0 Å². The molecule has 5 rings (SSSR count). The van der Waals surface area contributed by atoms with Gasteiger partial charge in [0.1, 0.15) is 29.2 Å². The molecule has 0 aliphatic carbocycles. The van der Waals surface area contributed by atoms with Gasteiger partial charge in [0.05, 0.1) is 27.7 Å². The minimum Gasteiger partial charge on any atom is -0.480 e. The predicted molar refractivity (Wildman–Crippen MR) is 196 cm³/mol. The second-order valence-corrected chi connectivity index (χ2v) is 18.2. The second-order valence-electron chi connectivity index (χ2n) is 11.5. The fraction of sp³-hybridized carbons (Fsp3) is 0.286. The minimum absolute atomic E-state index is 0.0257. The smallest absolute Gasteiger partial charge is 0.355 e. The molecule has 0 aliphatic heterocycles. The van der Waals surface area contributed by atoms with E-state index in [1.807, 2.05) is 0 Å². The number of para-hydroxylation sites is 1. The van der Waals surface area contributed by atoms with Crippen molar-refractivity contribution in [1.29, 1.82) is 0 Å². The summed E-state index contributed by atoms with van der Waals surface area (Å²) in [6.45, 7) is 1.04. The summed E-state index contributed by atoms with van der Waals surface area (Å²) in [5, 5.41) is 15.0. The van der Waals surface area contributed by atoms with Crippen molar-refractivity contribution in [2.75, 3.05) is 28.5 Å². The second kappa shape index (κ2) is 18.1. The third-order valence-electron chi connectivity index (χ3n) is 6.67. The molecule has 0 saturated carbocycles. The van der Waals surface area contributed by atoms with Gasteiger partial charge in [-0.2, -0.15) is 26.9 Å². The number of aromatic nitrogens is 7. The molecular weight excluding hydrogens is 862 g/mol. The number of benzene rings is 2. The number of hydrogen-bond acceptors (Lipinski definition) is 12. The molecule has 2 atom stereocenters. The van der Waals surface area contributed by atoms with Gasteiger partial charge in [-0.25, -0.2) is 36.1 Å². The van der Waals surface area contributed by atoms with E-state index in [9.17, 15) is 48.6 Å². The Hall–Kier alpha value is -4.65. The molecule has 0 amide bonds. The van der Waals surface area contributed by atoms with Crippen LogP contribution in [0.4, 0.5) is 28.9 Å². The lowest BCUT2D eigenvalue weighted by molar-refractivity contribution is -0.138. The topological polar surface area (TPSA) is 276 Å². The lowest BCUT2D eigenvalue weighted by Crippen LogP contribution is -2.30. The molecule has 0 aliphatic rings. The first kappa shape index (κ1) is 45.7. The summed E-state index contributed by atoms with van der Waals surface area (Å²) in [5.41, 5.74) is 3.66. The molecule has 19 nitrogen and oxygen atoms in total. The highest BCUT2D eigenvalue weighted by Crippen LogP contribution is 2.36. The molecule has 2 unspecified atom stereocenters. The van der Waals surface area contributed by atoms with Crippen LogP contribution in [0.5, 0.6) is 0 Å². The van der Waals surface area contributed by atoms with Crippen molar-refractivity contribution in [1.82, 2.24) is 33.9 Å². The zero-order chi connectivity index (χ0) is 42.5. The molecule has 0 bridgehead atoms. The number of aliphatic carboxylic acids is 1. The predicted octanol–water partition coefficient (Wildman–Crippen LogP) is 3.62. The van der Waals surface area contributed by atoms with E-state index in [-0.39, 0.29) is 50.2 Å². The van der Waals surface area contributed by atoms with E-state index in [2.05, 4.69) is 24.9 Å². The molecule has 3 heterocycles. The van der Waals surface area contributed by atoms with Crippen LogP contribution in [0.2, 0.25) is 10.0 Å². The van der Waals surface area contributed by atoms with Gasteiger partial charge in [-0.1, -0.05) is 29.3 Å². The maximum atomic E-state index is 13.5. The van der Waals surface area contributed by atoms with E-state index in [0.717, 1.165) is 35.0 Å². The number of halogens is 6. The number of rotatable bonds is 11. The van der Waals surface area contributed by atoms with Gasteiger partial charge in [0, 0.05) is 24.7 Å². The van der Waals surface area contributed by atoms with Crippen LogP contribution in [-0.4, -0.2) is 91.9 Å². The Morgan fingerprint density at radius 3 is 2.14 bits per heavy atom. The summed E-state index contributed by atoms with van der Waals surface area (Å²) >= 11 is 11.8. The van der Waals surface area contributed by atoms with E-state index in [4.69, 9.17) is 38.9 Å². The maximum absolute atomic E-state index is 13.5. The summed E-state index contributed by atoms with van der Waals surface area (Å²) in [6, 6.07) is 5.88. The average Bonchev–Trinajstić information content (AvgIpc) is 3.62. The SMILES string of the molecule is CP(=O)(O)CCC(N)C(=O)O.Cc1ccn2nc(S(=O)(=O)Nc3c(F)cccc3F)nc2n1.Cc1nn(-c2cc(NS(C)(=O)=O)c(Cl)cc2Cl)c(=O)n1C(F)F. The average molecular weight is 894 g/mol. The van der Waals surface area contributed by atoms with Gasteiger partial charge in [-0.15, -0.1) is 10.2 Å². The van der Waals surface area contributed by atoms with Crippen molar-refractivity contribution in [2.24, 2.45) is 5.73 Å². The quantitative estimate of drug-likeness (QED) is 0.0936. The maximum Gasteiger partial charge on any atom is 0.355 e. The number of carbonyl (C=O) groups is 1. The summed E-state index contributed by atoms with van der Waals surface area (Å²) in [6.07, 6.45) is 2.38. The Labute approximate surface area is 324 Å². The van der Waals surface area contributed by atoms with Crippen LogP contribution in [0.1, 0.15) is 24.5 Å². The number of carboxylic acids is 1. The summed E-state index contributed by atoms with van der Waals surface area (Å²) in [5.74, 6) is -3.39. The van der Waals surface area contributed by atoms with Gasteiger partial charge in [0.15, 0.2) is 7.37 Å². The molecule has 5 aromatic rings. The molecule has 0 fully saturated rings. The van der Waals surface area contributed by atoms with Gasteiger partial charge in [0.2, 0.25) is 10.0 Å². The van der Waals surface area contributed by atoms with E-state index in [1.165, 1.54) is 25.9 Å². The largest absolute Gasteiger partial charge is 0.480 e. The Morgan fingerprint density at radius 1 is 1.02 bits per heavy atom. The molecule has 2 aromatic carbocycles. The molecule has 6 N–H and O–H groups in total. The summed E-state index contributed by atoms with van der Waals surface area (Å²) in [7, 11) is -11.1. The van der Waals surface area contributed by atoms with Crippen LogP contribution in [0.3, 0.4) is 0 Å². The minimum atomic E-state index is -4.35. The number of hydrogen-bond donors (Lipinski definition) is 5. The van der Waals surface area contributed by atoms with Crippen molar-refractivity contribution >= 4 is 73.7 Å². The van der Waals surface area contributed by atoms with Crippen LogP contribution < -0.4 is 20.9 Å². The zero-order valence-electron chi connectivity index (χ0n) is 29.1. The Kier molecular flexibility index (Phi) is 14.8. The number of nitrogens with two attached hydrogens (primary N) is 1. The Bertz CT molecular complexity index is 2570. The van der Waals surface area contributed by atoms with Crippen molar-refractivity contribution in [3.63, 3.8) is 0 Å². The number of nitrogens with zero attached hydrogens (tertiary/aromatic N) is 7. The van der Waals surface area contributed by atoms with E-state index < -0.39 is 74.1 Å². The van der Waals surface area contributed by atoms with Gasteiger partial charge >= 0.3 is 18.2 Å². The highest BCUT2D eigenvalue weighted by molar-refractivity contribution is 7.92. The van der Waals surface area contributed by atoms with Crippen molar-refractivity contribution in [3.05, 3.63) is 86.3 Å². The van der Waals surface area contributed by atoms with Crippen LogP contribution in [0, 0.1) is 25.5 Å². The number of anilines is 2. The van der Waals surface area contributed by atoms with Crippen LogP contribution >= 0.6 is 30.6 Å². The van der Waals surface area contributed by atoms with E-state index in [1.54, 1.807) is 17.7 Å². The van der Waals surface area contributed by atoms with Gasteiger partial charge in [-0.3, -0.25) is 18.8 Å². The summed E-state index contributed by atoms with van der Waals surface area (Å²) in [4.78, 5) is 38.6. The number of sulfonamides is 2. The first-order valence-corrected chi connectivity index (χ1v) is 21.5. The molecule has 0 saturated heterocycles. The van der Waals surface area contributed by atoms with Gasteiger partial charge in [-0.05, 0) is 50.6 Å². The molecule has 0 spiro atoms. The fourth-order valence-electron chi connectivity index (χ4n) is 4.07. The molecule has 306 valence electrons. The Morgan fingerprint density at radius 2 is 1.62 bits per heavy atom. The van der Waals surface area contributed by atoms with E-state index in [0.29, 0.717) is 10.4 Å². The van der Waals surface area contributed by atoms with E-state index >= 15 is 0 Å². The third-order valence-corrected chi connectivity index (χ3v) is 10.1. The molecule has 3 aromatic heterocycles. The summed E-state index contributed by atoms with van der Waals surface area (Å²) < 4.78 is 116. The lowest BCUT2D eigenvalue weighted by atomic mass is 10.2. The van der Waals surface area contributed by atoms with Crippen LogP contribution in [0.25, 0.3) is 11.5 Å². The number of aryl methyl sites for hydroxylation is 2. The van der Waals surface area contributed by atoms with Crippen molar-refractivity contribution < 1.29 is 53.8 Å². The Balaban J connectivity index is 0.000000240. The third kappa shape index (κ3) is 12.4. The first-order chi connectivity index (χ1) is 25.7. The number of alkyl halides is 2. The highest BCUT2D eigenvalue weighted by Gasteiger charge is 2.25. The lowest BCUT2D eigenvalue weighted by Gasteiger charge is -2.10. The van der Waals surface area contributed by atoms with Crippen molar-refractivity contribution in [2.45, 2.75) is 38.0 Å². The molecule has 28 heteroatoms. The first-order valence-electron chi connectivity index (χ1n) is 15.1. The zero-order valence-corrected chi connectivity index (χ0v) is 33.1. The molecule has 56 heavy (non-hydrogen) atoms. The highest BCUT2D eigenvalue weighted by atomic mass is 35.5.